The van der Waals surface area contributed by atoms with Crippen molar-refractivity contribution in [3.8, 4) is 0 Å². The quantitative estimate of drug-likeness (QED) is 0.503. The van der Waals surface area contributed by atoms with Gasteiger partial charge in [-0.2, -0.15) is 0 Å². The van der Waals surface area contributed by atoms with Crippen molar-refractivity contribution in [1.82, 2.24) is 0 Å². The van der Waals surface area contributed by atoms with Crippen LogP contribution in [0.2, 0.25) is 0 Å². The summed E-state index contributed by atoms with van der Waals surface area (Å²) >= 11 is 1.97. The molecule has 0 amide bonds. The predicted octanol–water partition coefficient (Wildman–Crippen LogP) is 1.49. The molecular formula is C4H8INS. The molecule has 0 atom stereocenters. The molecule has 42 valence electrons. The highest BCUT2D eigenvalue weighted by Crippen LogP contribution is 2.23. The third-order valence-corrected chi connectivity index (χ3v) is 4.67. The summed E-state index contributed by atoms with van der Waals surface area (Å²) in [7, 11) is 0. The molecule has 0 aliphatic carbocycles. The van der Waals surface area contributed by atoms with E-state index in [1.54, 1.807) is 2.84 Å². The Bertz CT molecular complexity index is 83.7. The van der Waals surface area contributed by atoms with Crippen LogP contribution in [0.1, 0.15) is 12.8 Å². The van der Waals surface area contributed by atoms with Crippen molar-refractivity contribution in [3.63, 3.8) is 0 Å². The Morgan fingerprint density at radius 3 is 2.86 bits per heavy atom. The van der Waals surface area contributed by atoms with Crippen LogP contribution in [-0.4, -0.2) is 8.59 Å². The van der Waals surface area contributed by atoms with Crippen molar-refractivity contribution < 1.29 is 0 Å². The summed E-state index contributed by atoms with van der Waals surface area (Å²) in [4.78, 5) is 0. The molecule has 0 saturated carbocycles. The zero-order valence-corrected chi connectivity index (χ0v) is 6.96. The van der Waals surface area contributed by atoms with Gasteiger partial charge in [-0.3, -0.25) is 3.95 Å². The van der Waals surface area contributed by atoms with Crippen molar-refractivity contribution in [2.24, 2.45) is 3.95 Å². The van der Waals surface area contributed by atoms with Crippen LogP contribution in [0.3, 0.4) is 0 Å². The summed E-state index contributed by atoms with van der Waals surface area (Å²) in [5, 5.41) is 0. The molecule has 1 saturated heterocycles. The first kappa shape index (κ1) is 6.04. The Balaban J connectivity index is 2.41. The summed E-state index contributed by atoms with van der Waals surface area (Å²) in [6.45, 7) is 0. The van der Waals surface area contributed by atoms with Gasteiger partial charge in [0.1, 0.15) is 0 Å². The maximum atomic E-state index is 5.49. The van der Waals surface area contributed by atoms with Gasteiger partial charge >= 0.3 is 0 Å². The fraction of sp³-hybridized carbons (Fsp3) is 0.750. The average Bonchev–Trinajstić information content (AvgIpc) is 2.14. The van der Waals surface area contributed by atoms with Crippen LogP contribution in [0.25, 0.3) is 0 Å². The van der Waals surface area contributed by atoms with Crippen LogP contribution < -0.4 is 3.95 Å². The van der Waals surface area contributed by atoms with Crippen molar-refractivity contribution in [2.45, 2.75) is 12.8 Å². The van der Waals surface area contributed by atoms with E-state index in [-0.39, 0.29) is 21.0 Å². The fourth-order valence-electron chi connectivity index (χ4n) is 0.552. The molecule has 1 fully saturated rings. The van der Waals surface area contributed by atoms with E-state index in [4.69, 9.17) is 3.95 Å². The smallest absolute Gasteiger partial charge is 0.0281 e. The molecule has 0 aromatic rings. The van der Waals surface area contributed by atoms with Gasteiger partial charge in [0.05, 0.1) is 0 Å². The standard InChI is InChI=1S/C4H8INS/c6-5-4-2-1-3-7-4/h1-3,6H2. The maximum absolute atomic E-state index is 5.49. The number of hydrogen-bond acceptors (Lipinski definition) is 2. The molecule has 0 unspecified atom stereocenters. The monoisotopic (exact) mass is 229 g/mol. The van der Waals surface area contributed by atoms with E-state index in [0.717, 1.165) is 0 Å². The zero-order chi connectivity index (χ0) is 5.11. The van der Waals surface area contributed by atoms with E-state index >= 15 is 0 Å². The fourth-order valence-corrected chi connectivity index (χ4v) is 3.31. The lowest BCUT2D eigenvalue weighted by atomic mass is 10.4. The average molecular weight is 229 g/mol. The first-order valence-electron chi connectivity index (χ1n) is 2.25. The van der Waals surface area contributed by atoms with Gasteiger partial charge in [-0.1, -0.05) is 0 Å². The second-order valence-electron chi connectivity index (χ2n) is 1.42. The lowest BCUT2D eigenvalue weighted by molar-refractivity contribution is 1.05. The summed E-state index contributed by atoms with van der Waals surface area (Å²) < 4.78 is 7.08. The molecule has 3 heteroatoms. The van der Waals surface area contributed by atoms with Crippen molar-refractivity contribution >= 4 is 35.6 Å². The highest BCUT2D eigenvalue weighted by Gasteiger charge is 2.05. The summed E-state index contributed by atoms with van der Waals surface area (Å²) in [5.74, 6) is 1.33. The third-order valence-electron chi connectivity index (χ3n) is 0.898. The molecule has 7 heavy (non-hydrogen) atoms. The second-order valence-corrected chi connectivity index (χ2v) is 5.26. The largest absolute Gasteiger partial charge is 0.279 e. The van der Waals surface area contributed by atoms with Gasteiger partial charge < -0.3 is 0 Å². The molecule has 1 heterocycles. The van der Waals surface area contributed by atoms with Crippen LogP contribution in [0, 0.1) is 0 Å². The molecule has 0 aromatic carbocycles. The molecule has 0 bridgehead atoms. The number of rotatable bonds is 0. The molecule has 2 N–H and O–H groups in total. The lowest BCUT2D eigenvalue weighted by Crippen LogP contribution is -1.78. The number of thioether (sulfide) groups is 1. The minimum absolute atomic E-state index is 0.0165. The highest BCUT2D eigenvalue weighted by molar-refractivity contribution is 14.2. The number of nitrogens with two attached hydrogens (primary N) is 1. The minimum Gasteiger partial charge on any atom is -0.279 e. The summed E-state index contributed by atoms with van der Waals surface area (Å²) in [6, 6.07) is 0. The maximum Gasteiger partial charge on any atom is 0.0281 e. The Morgan fingerprint density at radius 2 is 2.57 bits per heavy atom. The van der Waals surface area contributed by atoms with Crippen molar-refractivity contribution in [1.29, 1.82) is 0 Å². The third kappa shape index (κ3) is 1.70. The molecule has 0 spiro atoms. The molecule has 0 radical (unpaired) electrons. The zero-order valence-electron chi connectivity index (χ0n) is 3.98. The Labute approximate surface area is 58.1 Å². The first-order chi connectivity index (χ1) is 3.43. The van der Waals surface area contributed by atoms with E-state index in [0.29, 0.717) is 0 Å². The summed E-state index contributed by atoms with van der Waals surface area (Å²) in [6.07, 6.45) is 2.69. The van der Waals surface area contributed by atoms with Crippen LogP contribution >= 0.6 is 32.8 Å². The van der Waals surface area contributed by atoms with E-state index in [9.17, 15) is 0 Å². The predicted molar refractivity (Wildman–Crippen MR) is 44.9 cm³/mol. The van der Waals surface area contributed by atoms with Gasteiger partial charge in [0.2, 0.25) is 0 Å². The molecule has 0 aromatic heterocycles. The number of halogens is 1. The highest BCUT2D eigenvalue weighted by atomic mass is 127. The van der Waals surface area contributed by atoms with Crippen LogP contribution in [0.4, 0.5) is 0 Å². The molecule has 1 aliphatic rings. The van der Waals surface area contributed by atoms with Crippen molar-refractivity contribution in [2.75, 3.05) is 5.75 Å². The van der Waals surface area contributed by atoms with Crippen LogP contribution in [0.15, 0.2) is 0 Å². The van der Waals surface area contributed by atoms with Gasteiger partial charge in [-0.25, -0.2) is 0 Å². The first-order valence-corrected chi connectivity index (χ1v) is 5.56. The van der Waals surface area contributed by atoms with Crippen LogP contribution in [0.5, 0.6) is 0 Å². The van der Waals surface area contributed by atoms with Gasteiger partial charge in [-0.05, 0) is 39.6 Å². The topological polar surface area (TPSA) is 26.0 Å². The van der Waals surface area contributed by atoms with E-state index in [1.807, 2.05) is 11.8 Å². The Morgan fingerprint density at radius 1 is 1.71 bits per heavy atom. The number of hydrogen-bond donors (Lipinski definition) is 1. The lowest BCUT2D eigenvalue weighted by Gasteiger charge is -1.83. The van der Waals surface area contributed by atoms with E-state index in [1.165, 1.54) is 18.6 Å². The SMILES string of the molecule is NI=C1CCCS1. The summed E-state index contributed by atoms with van der Waals surface area (Å²) in [5.41, 5.74) is 0. The minimum atomic E-state index is -0.0165. The van der Waals surface area contributed by atoms with Gasteiger partial charge in [0.15, 0.2) is 0 Å². The molecule has 1 rings (SSSR count). The molecular weight excluding hydrogens is 221 g/mol. The second kappa shape index (κ2) is 3.04. The molecule has 1 nitrogen and oxygen atoms in total. The van der Waals surface area contributed by atoms with E-state index < -0.39 is 0 Å². The van der Waals surface area contributed by atoms with Crippen molar-refractivity contribution in [3.05, 3.63) is 0 Å². The molecule has 1 aliphatic heterocycles. The Kier molecular flexibility index (Phi) is 2.62. The van der Waals surface area contributed by atoms with Gasteiger partial charge in [-0.15, -0.1) is 11.8 Å². The van der Waals surface area contributed by atoms with Gasteiger partial charge in [0.25, 0.3) is 0 Å². The Hall–Kier alpha value is 0.910. The van der Waals surface area contributed by atoms with Gasteiger partial charge in [0, 0.05) is 2.84 Å². The van der Waals surface area contributed by atoms with Crippen LogP contribution in [-0.2, 0) is 0 Å². The normalized spacial score (nSPS) is 27.9. The van der Waals surface area contributed by atoms with E-state index in [2.05, 4.69) is 0 Å².